The molecule has 0 bridgehead atoms. The van der Waals surface area contributed by atoms with E-state index >= 15 is 0 Å². The van der Waals surface area contributed by atoms with Crippen molar-refractivity contribution in [2.24, 2.45) is 4.99 Å². The predicted octanol–water partition coefficient (Wildman–Crippen LogP) is 3.10. The Hall–Kier alpha value is -3.26. The van der Waals surface area contributed by atoms with Crippen LogP contribution in [0.15, 0.2) is 52.4 Å². The van der Waals surface area contributed by atoms with Crippen LogP contribution in [-0.4, -0.2) is 48.4 Å². The Morgan fingerprint density at radius 1 is 1.23 bits per heavy atom. The average Bonchev–Trinajstić information content (AvgIpc) is 3.45. The van der Waals surface area contributed by atoms with Gasteiger partial charge >= 0.3 is 5.97 Å². The van der Waals surface area contributed by atoms with Gasteiger partial charge in [0.1, 0.15) is 6.04 Å². The van der Waals surface area contributed by atoms with E-state index in [1.807, 2.05) is 6.92 Å². The molecule has 0 N–H and O–H groups in total. The SMILES string of the molecule is C#CCn1c(=NC(=O)C2CCCN2S(=O)(=O)c2ccc(C)cc2)sc2cc(C(=O)OCC)ccc21. The van der Waals surface area contributed by atoms with Gasteiger partial charge in [0.15, 0.2) is 4.80 Å². The van der Waals surface area contributed by atoms with E-state index in [2.05, 4.69) is 10.9 Å². The third kappa shape index (κ3) is 4.93. The molecule has 3 aromatic rings. The number of rotatable bonds is 6. The molecule has 1 atom stereocenters. The Kier molecular flexibility index (Phi) is 7.21. The number of amides is 1. The monoisotopic (exact) mass is 511 g/mol. The van der Waals surface area contributed by atoms with Crippen molar-refractivity contribution in [3.8, 4) is 12.3 Å². The molecule has 1 amide bonds. The number of thiazole rings is 1. The number of carbonyl (C=O) groups is 2. The molecule has 0 radical (unpaired) electrons. The zero-order chi connectivity index (χ0) is 25.2. The van der Waals surface area contributed by atoms with Crippen molar-refractivity contribution in [1.82, 2.24) is 8.87 Å². The smallest absolute Gasteiger partial charge is 0.338 e. The lowest BCUT2D eigenvalue weighted by Crippen LogP contribution is -2.40. The lowest BCUT2D eigenvalue weighted by molar-refractivity contribution is -0.121. The summed E-state index contributed by atoms with van der Waals surface area (Å²) < 4.78 is 35.2. The second kappa shape index (κ2) is 10.2. The summed E-state index contributed by atoms with van der Waals surface area (Å²) >= 11 is 1.21. The van der Waals surface area contributed by atoms with E-state index in [9.17, 15) is 18.0 Å². The summed E-state index contributed by atoms with van der Waals surface area (Å²) in [5, 5.41) is 0. The van der Waals surface area contributed by atoms with E-state index in [0.717, 1.165) is 11.1 Å². The summed E-state index contributed by atoms with van der Waals surface area (Å²) in [5.74, 6) is 1.58. The van der Waals surface area contributed by atoms with Gasteiger partial charge in [0.25, 0.3) is 5.91 Å². The number of terminal acetylenes is 1. The number of hydrogen-bond donors (Lipinski definition) is 0. The van der Waals surface area contributed by atoms with E-state index in [-0.39, 0.29) is 24.6 Å². The molecule has 8 nitrogen and oxygen atoms in total. The van der Waals surface area contributed by atoms with E-state index in [1.165, 1.54) is 15.6 Å². The maximum atomic E-state index is 13.2. The fourth-order valence-electron chi connectivity index (χ4n) is 4.03. The van der Waals surface area contributed by atoms with Gasteiger partial charge in [-0.1, -0.05) is 35.0 Å². The number of carbonyl (C=O) groups excluding carboxylic acids is 2. The number of aryl methyl sites for hydroxylation is 1. The van der Waals surface area contributed by atoms with Crippen LogP contribution < -0.4 is 4.80 Å². The van der Waals surface area contributed by atoms with Crippen molar-refractivity contribution in [3.05, 3.63) is 58.4 Å². The van der Waals surface area contributed by atoms with Crippen LogP contribution in [0.4, 0.5) is 0 Å². The van der Waals surface area contributed by atoms with Gasteiger partial charge in [-0.15, -0.1) is 6.42 Å². The van der Waals surface area contributed by atoms with E-state index in [4.69, 9.17) is 11.2 Å². The summed E-state index contributed by atoms with van der Waals surface area (Å²) in [6.45, 7) is 4.29. The zero-order valence-corrected chi connectivity index (χ0v) is 21.1. The molecule has 0 saturated carbocycles. The number of benzene rings is 2. The Morgan fingerprint density at radius 2 is 1.97 bits per heavy atom. The molecule has 2 aromatic carbocycles. The quantitative estimate of drug-likeness (QED) is 0.374. The number of nitrogens with zero attached hydrogens (tertiary/aromatic N) is 3. The molecule has 182 valence electrons. The van der Waals surface area contributed by atoms with Gasteiger partial charge < -0.3 is 9.30 Å². The van der Waals surface area contributed by atoms with Crippen molar-refractivity contribution in [3.63, 3.8) is 0 Å². The fourth-order valence-corrected chi connectivity index (χ4v) is 6.76. The van der Waals surface area contributed by atoms with Crippen LogP contribution in [0.1, 0.15) is 35.7 Å². The van der Waals surface area contributed by atoms with E-state index < -0.39 is 27.9 Å². The summed E-state index contributed by atoms with van der Waals surface area (Å²) in [6.07, 6.45) is 6.51. The highest BCUT2D eigenvalue weighted by Gasteiger charge is 2.39. The van der Waals surface area contributed by atoms with E-state index in [0.29, 0.717) is 27.9 Å². The number of aromatic nitrogens is 1. The molecular weight excluding hydrogens is 486 g/mol. The third-order valence-corrected chi connectivity index (χ3v) is 8.73. The topological polar surface area (TPSA) is 98.0 Å². The van der Waals surface area contributed by atoms with Gasteiger partial charge in [0.2, 0.25) is 10.0 Å². The largest absolute Gasteiger partial charge is 0.462 e. The summed E-state index contributed by atoms with van der Waals surface area (Å²) in [6, 6.07) is 10.7. The highest BCUT2D eigenvalue weighted by molar-refractivity contribution is 7.89. The van der Waals surface area contributed by atoms with Crippen LogP contribution in [0.25, 0.3) is 10.2 Å². The second-order valence-electron chi connectivity index (χ2n) is 8.11. The van der Waals surface area contributed by atoms with Crippen LogP contribution >= 0.6 is 11.3 Å². The maximum absolute atomic E-state index is 13.2. The summed E-state index contributed by atoms with van der Waals surface area (Å²) in [4.78, 5) is 30.2. The lowest BCUT2D eigenvalue weighted by Gasteiger charge is -2.21. The first-order valence-corrected chi connectivity index (χ1v) is 13.4. The van der Waals surface area contributed by atoms with Gasteiger partial charge in [0.05, 0.1) is 33.8 Å². The van der Waals surface area contributed by atoms with Crippen molar-refractivity contribution in [1.29, 1.82) is 0 Å². The van der Waals surface area contributed by atoms with Gasteiger partial charge in [0, 0.05) is 6.54 Å². The molecular formula is C25H25N3O5S2. The van der Waals surface area contributed by atoms with Gasteiger partial charge in [-0.3, -0.25) is 4.79 Å². The van der Waals surface area contributed by atoms with Crippen LogP contribution in [0.5, 0.6) is 0 Å². The first-order valence-electron chi connectivity index (χ1n) is 11.2. The molecule has 4 rings (SSSR count). The molecule has 1 aliphatic rings. The fraction of sp³-hybridized carbons (Fsp3) is 0.320. The Bertz CT molecular complexity index is 1490. The van der Waals surface area contributed by atoms with Crippen LogP contribution in [-0.2, 0) is 26.1 Å². The highest BCUT2D eigenvalue weighted by atomic mass is 32.2. The number of fused-ring (bicyclic) bond motifs is 1. The van der Waals surface area contributed by atoms with Gasteiger partial charge in [-0.05, 0) is 57.0 Å². The third-order valence-electron chi connectivity index (χ3n) is 5.77. The first kappa shape index (κ1) is 24.9. The van der Waals surface area contributed by atoms with Crippen molar-refractivity contribution in [2.75, 3.05) is 13.2 Å². The van der Waals surface area contributed by atoms with Crippen LogP contribution in [0.2, 0.25) is 0 Å². The standard InChI is InChI=1S/C25H25N3O5S2/c1-4-14-27-20-13-10-18(24(30)33-5-2)16-22(20)34-25(27)26-23(29)21-7-6-15-28(21)35(31,32)19-11-8-17(3)9-12-19/h1,8-13,16,21H,5-7,14-15H2,2-3H3. The molecule has 0 spiro atoms. The Morgan fingerprint density at radius 3 is 2.66 bits per heavy atom. The molecule has 0 aliphatic carbocycles. The molecule has 1 saturated heterocycles. The van der Waals surface area contributed by atoms with Crippen molar-refractivity contribution < 1.29 is 22.7 Å². The lowest BCUT2D eigenvalue weighted by atomic mass is 10.2. The summed E-state index contributed by atoms with van der Waals surface area (Å²) in [7, 11) is -3.84. The minimum atomic E-state index is -3.84. The normalized spacial score (nSPS) is 16.9. The highest BCUT2D eigenvalue weighted by Crippen LogP contribution is 2.27. The van der Waals surface area contributed by atoms with Crippen LogP contribution in [0.3, 0.4) is 0 Å². The number of sulfonamides is 1. The predicted molar refractivity (Wildman–Crippen MR) is 133 cm³/mol. The number of esters is 1. The summed E-state index contributed by atoms with van der Waals surface area (Å²) in [5.41, 5.74) is 2.06. The Balaban J connectivity index is 1.71. The average molecular weight is 512 g/mol. The minimum Gasteiger partial charge on any atom is -0.462 e. The minimum absolute atomic E-state index is 0.151. The number of hydrogen-bond acceptors (Lipinski definition) is 6. The molecule has 1 aliphatic heterocycles. The molecule has 1 fully saturated rings. The second-order valence-corrected chi connectivity index (χ2v) is 11.0. The molecule has 1 aromatic heterocycles. The molecule has 2 heterocycles. The van der Waals surface area contributed by atoms with E-state index in [1.54, 1.807) is 54.0 Å². The Labute approximate surface area is 207 Å². The zero-order valence-electron chi connectivity index (χ0n) is 19.4. The van der Waals surface area contributed by atoms with Gasteiger partial charge in [-0.25, -0.2) is 13.2 Å². The molecule has 1 unspecified atom stereocenters. The van der Waals surface area contributed by atoms with Crippen molar-refractivity contribution in [2.45, 2.75) is 44.2 Å². The molecule has 35 heavy (non-hydrogen) atoms. The van der Waals surface area contributed by atoms with Crippen LogP contribution in [0, 0.1) is 19.3 Å². The first-order chi connectivity index (χ1) is 16.8. The number of ether oxygens (including phenoxy) is 1. The molecule has 10 heteroatoms. The van der Waals surface area contributed by atoms with Gasteiger partial charge in [-0.2, -0.15) is 9.30 Å². The van der Waals surface area contributed by atoms with Crippen molar-refractivity contribution >= 4 is 43.5 Å². The maximum Gasteiger partial charge on any atom is 0.338 e.